The Kier molecular flexibility index (Phi) is 4.24. The van der Waals surface area contributed by atoms with Gasteiger partial charge in [-0.25, -0.2) is 0 Å². The Balaban J connectivity index is 1.58. The first-order chi connectivity index (χ1) is 10.6. The average Bonchev–Trinajstić information content (AvgIpc) is 2.96. The highest BCUT2D eigenvalue weighted by Crippen LogP contribution is 2.06. The highest BCUT2D eigenvalue weighted by molar-refractivity contribution is 5.92. The molecule has 1 aliphatic heterocycles. The van der Waals surface area contributed by atoms with Crippen LogP contribution in [0.25, 0.3) is 0 Å². The molecule has 22 heavy (non-hydrogen) atoms. The number of nitrogens with zero attached hydrogens (tertiary/aromatic N) is 3. The molecule has 0 aliphatic carbocycles. The van der Waals surface area contributed by atoms with Gasteiger partial charge in [-0.2, -0.15) is 5.10 Å². The summed E-state index contributed by atoms with van der Waals surface area (Å²) in [6.07, 6.45) is 1.67. The van der Waals surface area contributed by atoms with Crippen LogP contribution in [0.1, 0.15) is 21.6 Å². The number of rotatable bonds is 3. The molecule has 0 bridgehead atoms. The smallest absolute Gasteiger partial charge is 0.272 e. The lowest BCUT2D eigenvalue weighted by molar-refractivity contribution is -0.917. The van der Waals surface area contributed by atoms with Crippen LogP contribution < -0.4 is 4.90 Å². The maximum absolute atomic E-state index is 12.5. The SMILES string of the molecule is Cc1ccccc1C[NH+]1CCN(C(=O)c2ccnn2C)CC1. The number of nitrogens with one attached hydrogen (secondary N) is 1. The zero-order valence-corrected chi connectivity index (χ0v) is 13.2. The second kappa shape index (κ2) is 6.32. The van der Waals surface area contributed by atoms with Crippen molar-refractivity contribution in [2.75, 3.05) is 26.2 Å². The average molecular weight is 299 g/mol. The highest BCUT2D eigenvalue weighted by atomic mass is 16.2. The van der Waals surface area contributed by atoms with E-state index in [-0.39, 0.29) is 5.91 Å². The summed E-state index contributed by atoms with van der Waals surface area (Å²) >= 11 is 0. The van der Waals surface area contributed by atoms with E-state index in [1.165, 1.54) is 11.1 Å². The van der Waals surface area contributed by atoms with Crippen LogP contribution in [0.2, 0.25) is 0 Å². The Hall–Kier alpha value is -2.14. The number of aromatic nitrogens is 2. The zero-order chi connectivity index (χ0) is 15.5. The monoisotopic (exact) mass is 299 g/mol. The Bertz CT molecular complexity index is 656. The number of hydrogen-bond acceptors (Lipinski definition) is 2. The maximum atomic E-state index is 12.5. The number of piperazine rings is 1. The van der Waals surface area contributed by atoms with Gasteiger partial charge in [0.1, 0.15) is 12.2 Å². The van der Waals surface area contributed by atoms with Gasteiger partial charge in [0.15, 0.2) is 0 Å². The molecular weight excluding hydrogens is 276 g/mol. The molecule has 2 heterocycles. The Morgan fingerprint density at radius 1 is 1.23 bits per heavy atom. The van der Waals surface area contributed by atoms with Gasteiger partial charge in [0, 0.05) is 18.8 Å². The Morgan fingerprint density at radius 3 is 2.59 bits per heavy atom. The molecule has 0 radical (unpaired) electrons. The number of quaternary nitrogens is 1. The van der Waals surface area contributed by atoms with Crippen LogP contribution >= 0.6 is 0 Å². The lowest BCUT2D eigenvalue weighted by atomic mass is 10.1. The molecule has 0 saturated carbocycles. The number of amides is 1. The molecule has 1 amide bonds. The molecule has 0 atom stereocenters. The molecule has 1 aromatic heterocycles. The lowest BCUT2D eigenvalue weighted by Gasteiger charge is -2.32. The second-order valence-corrected chi connectivity index (χ2v) is 5.99. The number of aryl methyl sites for hydroxylation is 2. The van der Waals surface area contributed by atoms with Crippen molar-refractivity contribution in [1.82, 2.24) is 14.7 Å². The number of carbonyl (C=O) groups excluding carboxylic acids is 1. The van der Waals surface area contributed by atoms with Crippen molar-refractivity contribution < 1.29 is 9.69 Å². The topological polar surface area (TPSA) is 42.6 Å². The van der Waals surface area contributed by atoms with E-state index in [0.29, 0.717) is 5.69 Å². The van der Waals surface area contributed by atoms with E-state index in [0.717, 1.165) is 32.7 Å². The fourth-order valence-electron chi connectivity index (χ4n) is 3.03. The summed E-state index contributed by atoms with van der Waals surface area (Å²) < 4.78 is 1.65. The first-order valence-corrected chi connectivity index (χ1v) is 7.80. The molecule has 1 saturated heterocycles. The van der Waals surface area contributed by atoms with Gasteiger partial charge in [0.25, 0.3) is 5.91 Å². The molecule has 3 rings (SSSR count). The fraction of sp³-hybridized carbons (Fsp3) is 0.412. The minimum atomic E-state index is 0.0925. The van der Waals surface area contributed by atoms with E-state index in [9.17, 15) is 4.79 Å². The molecule has 116 valence electrons. The predicted molar refractivity (Wildman–Crippen MR) is 84.7 cm³/mol. The van der Waals surface area contributed by atoms with Crippen molar-refractivity contribution in [3.8, 4) is 0 Å². The van der Waals surface area contributed by atoms with Crippen LogP contribution in [0.3, 0.4) is 0 Å². The van der Waals surface area contributed by atoms with Gasteiger partial charge < -0.3 is 9.80 Å². The molecule has 5 heteroatoms. The Labute approximate surface area is 131 Å². The molecule has 5 nitrogen and oxygen atoms in total. The molecule has 1 fully saturated rings. The van der Waals surface area contributed by atoms with Crippen LogP contribution in [0.4, 0.5) is 0 Å². The van der Waals surface area contributed by atoms with E-state index in [4.69, 9.17) is 0 Å². The fourth-order valence-corrected chi connectivity index (χ4v) is 3.03. The van der Waals surface area contributed by atoms with E-state index in [2.05, 4.69) is 36.3 Å². The summed E-state index contributed by atoms with van der Waals surface area (Å²) in [5.74, 6) is 0.0925. The van der Waals surface area contributed by atoms with Crippen molar-refractivity contribution >= 4 is 5.91 Å². The summed E-state index contributed by atoms with van der Waals surface area (Å²) in [6.45, 7) is 6.82. The molecule has 2 aromatic rings. The molecule has 1 aliphatic rings. The summed E-state index contributed by atoms with van der Waals surface area (Å²) in [6, 6.07) is 10.3. The quantitative estimate of drug-likeness (QED) is 0.884. The number of carbonyl (C=O) groups is 1. The van der Waals surface area contributed by atoms with Gasteiger partial charge in [-0.15, -0.1) is 0 Å². The third-order valence-corrected chi connectivity index (χ3v) is 4.50. The highest BCUT2D eigenvalue weighted by Gasteiger charge is 2.26. The van der Waals surface area contributed by atoms with Crippen molar-refractivity contribution in [2.45, 2.75) is 13.5 Å². The van der Waals surface area contributed by atoms with Gasteiger partial charge >= 0.3 is 0 Å². The zero-order valence-electron chi connectivity index (χ0n) is 13.2. The number of hydrogen-bond donors (Lipinski definition) is 1. The third kappa shape index (κ3) is 3.04. The van der Waals surface area contributed by atoms with Gasteiger partial charge in [0.2, 0.25) is 0 Å². The normalized spacial score (nSPS) is 16.0. The van der Waals surface area contributed by atoms with Crippen LogP contribution in [0, 0.1) is 6.92 Å². The van der Waals surface area contributed by atoms with Crippen LogP contribution in [-0.4, -0.2) is 46.8 Å². The molecule has 1 N–H and O–H groups in total. The molecular formula is C17H23N4O+. The van der Waals surface area contributed by atoms with Crippen molar-refractivity contribution in [3.63, 3.8) is 0 Å². The van der Waals surface area contributed by atoms with Crippen molar-refractivity contribution in [2.24, 2.45) is 7.05 Å². The molecule has 0 spiro atoms. The minimum absolute atomic E-state index is 0.0925. The summed E-state index contributed by atoms with van der Waals surface area (Å²) in [5, 5.41) is 4.08. The van der Waals surface area contributed by atoms with Crippen molar-refractivity contribution in [1.29, 1.82) is 0 Å². The van der Waals surface area contributed by atoms with E-state index < -0.39 is 0 Å². The Morgan fingerprint density at radius 2 is 1.95 bits per heavy atom. The minimum Gasteiger partial charge on any atom is -0.328 e. The second-order valence-electron chi connectivity index (χ2n) is 5.99. The largest absolute Gasteiger partial charge is 0.328 e. The van der Waals surface area contributed by atoms with Gasteiger partial charge in [-0.1, -0.05) is 24.3 Å². The van der Waals surface area contributed by atoms with E-state index in [1.54, 1.807) is 21.8 Å². The summed E-state index contributed by atoms with van der Waals surface area (Å²) in [5.41, 5.74) is 3.43. The van der Waals surface area contributed by atoms with Gasteiger partial charge in [0.05, 0.1) is 26.2 Å². The standard InChI is InChI=1S/C17H22N4O/c1-14-5-3-4-6-15(14)13-20-9-11-21(12-10-20)17(22)16-7-8-18-19(16)2/h3-8H,9-13H2,1-2H3/p+1. The van der Waals surface area contributed by atoms with Gasteiger partial charge in [-0.3, -0.25) is 9.48 Å². The molecule has 0 unspecified atom stereocenters. The number of benzene rings is 1. The van der Waals surface area contributed by atoms with Crippen molar-refractivity contribution in [3.05, 3.63) is 53.3 Å². The predicted octanol–water partition coefficient (Wildman–Crippen LogP) is 0.269. The maximum Gasteiger partial charge on any atom is 0.272 e. The van der Waals surface area contributed by atoms with E-state index in [1.807, 2.05) is 11.9 Å². The summed E-state index contributed by atoms with van der Waals surface area (Å²) in [7, 11) is 1.81. The third-order valence-electron chi connectivity index (χ3n) is 4.50. The van der Waals surface area contributed by atoms with Crippen LogP contribution in [-0.2, 0) is 13.6 Å². The van der Waals surface area contributed by atoms with Crippen LogP contribution in [0.5, 0.6) is 0 Å². The first-order valence-electron chi connectivity index (χ1n) is 7.80. The van der Waals surface area contributed by atoms with Crippen LogP contribution in [0.15, 0.2) is 36.5 Å². The lowest BCUT2D eigenvalue weighted by Crippen LogP contribution is -3.13. The van der Waals surface area contributed by atoms with Gasteiger partial charge in [-0.05, 0) is 18.6 Å². The molecule has 1 aromatic carbocycles. The van der Waals surface area contributed by atoms with E-state index >= 15 is 0 Å². The first kappa shape index (κ1) is 14.8. The summed E-state index contributed by atoms with van der Waals surface area (Å²) in [4.78, 5) is 15.9.